The number of carboxylic acids is 1. The number of amides is 2. The van der Waals surface area contributed by atoms with E-state index in [4.69, 9.17) is 19.2 Å². The number of nitrogens with one attached hydrogen (secondary N) is 3. The van der Waals surface area contributed by atoms with Crippen LogP contribution in [-0.2, 0) is 38.2 Å². The number of thioether (sulfide) groups is 2. The molecule has 78 heavy (non-hydrogen) atoms. The maximum absolute atomic E-state index is 15.4. The number of nitrogens with zero attached hydrogens (tertiary/aromatic N) is 1. The monoisotopic (exact) mass is 1120 g/mol. The predicted molar refractivity (Wildman–Crippen MR) is 319 cm³/mol. The summed E-state index contributed by atoms with van der Waals surface area (Å²) < 4.78 is 18.5. The Hall–Kier alpha value is -4.05. The van der Waals surface area contributed by atoms with Gasteiger partial charge in [-0.25, -0.2) is 14.6 Å². The SMILES string of the molecule is CCCSC(C)C(=O)NC1=NC(=Cc2[nH]c(NC(=O)CCCCSC(COC=O)C(=O)O)c(C(=O)OC3C(C(C)(C)C)CC(C)CC3C(C)(C)C)c2C(C)C)C(C(C)C)=C1C(=O)OC1C(C(C)(C)C)CC(C)CC1C(C)(C)C. The number of esters is 2. The van der Waals surface area contributed by atoms with E-state index in [0.29, 0.717) is 53.0 Å². The molecule has 1 aromatic heterocycles. The lowest BCUT2D eigenvalue weighted by atomic mass is 9.59. The maximum Gasteiger partial charge on any atom is 0.342 e. The Morgan fingerprint density at radius 2 is 1.22 bits per heavy atom. The van der Waals surface area contributed by atoms with Gasteiger partial charge in [-0.1, -0.05) is 132 Å². The van der Waals surface area contributed by atoms with Crippen LogP contribution in [0.5, 0.6) is 0 Å². The molecule has 2 aliphatic carbocycles. The number of unbranched alkanes of at least 4 members (excludes halogenated alkanes) is 1. The molecule has 2 fully saturated rings. The van der Waals surface area contributed by atoms with Crippen LogP contribution in [0, 0.1) is 63.1 Å². The van der Waals surface area contributed by atoms with Gasteiger partial charge in [-0.05, 0) is 126 Å². The zero-order valence-corrected chi connectivity index (χ0v) is 52.9. The number of allylic oxidation sites excluding steroid dienone is 1. The number of H-pyrrole nitrogens is 1. The normalized spacial score (nSPS) is 24.7. The minimum atomic E-state index is -1.09. The Labute approximate surface area is 477 Å². The number of hydrogen-bond acceptors (Lipinski definition) is 12. The van der Waals surface area contributed by atoms with Crippen LogP contribution in [0.4, 0.5) is 5.82 Å². The summed E-state index contributed by atoms with van der Waals surface area (Å²) >= 11 is 2.67. The molecule has 0 bridgehead atoms. The first-order valence-electron chi connectivity index (χ1n) is 28.9. The van der Waals surface area contributed by atoms with Crippen LogP contribution in [0.25, 0.3) is 6.08 Å². The molecule has 0 aromatic carbocycles. The van der Waals surface area contributed by atoms with Gasteiger partial charge in [0.15, 0.2) is 0 Å². The predicted octanol–water partition coefficient (Wildman–Crippen LogP) is 13.9. The number of ether oxygens (including phenoxy) is 3. The van der Waals surface area contributed by atoms with Crippen molar-refractivity contribution in [3.63, 3.8) is 0 Å². The molecule has 1 aromatic rings. The number of aromatic nitrogens is 1. The van der Waals surface area contributed by atoms with Crippen molar-refractivity contribution in [1.29, 1.82) is 0 Å². The number of aromatic amines is 1. The second kappa shape index (κ2) is 27.6. The van der Waals surface area contributed by atoms with Crippen LogP contribution in [0.2, 0.25) is 0 Å². The molecule has 14 nitrogen and oxygen atoms in total. The summed E-state index contributed by atoms with van der Waals surface area (Å²) in [4.78, 5) is 89.9. The first-order chi connectivity index (χ1) is 36.0. The van der Waals surface area contributed by atoms with Crippen molar-refractivity contribution in [2.45, 2.75) is 218 Å². The lowest BCUT2D eigenvalue weighted by Crippen LogP contribution is -2.50. The molecular formula is C62H100N4O10S2. The van der Waals surface area contributed by atoms with Crippen molar-refractivity contribution in [3.8, 4) is 0 Å². The third kappa shape index (κ3) is 17.5. The van der Waals surface area contributed by atoms with Gasteiger partial charge in [0.1, 0.15) is 46.9 Å². The lowest BCUT2D eigenvalue weighted by molar-refractivity contribution is -0.164. The highest BCUT2D eigenvalue weighted by atomic mass is 32.2. The molecule has 2 heterocycles. The van der Waals surface area contributed by atoms with Crippen LogP contribution in [0.1, 0.15) is 217 Å². The number of aliphatic imine (C=N–C) groups is 1. The molecular weight excluding hydrogens is 1020 g/mol. The van der Waals surface area contributed by atoms with Gasteiger partial charge >= 0.3 is 17.9 Å². The maximum atomic E-state index is 15.4. The number of amidine groups is 1. The van der Waals surface area contributed by atoms with E-state index in [1.165, 1.54) is 11.8 Å². The molecule has 16 heteroatoms. The highest BCUT2D eigenvalue weighted by Gasteiger charge is 2.51. The summed E-state index contributed by atoms with van der Waals surface area (Å²) in [7, 11) is 0. The standard InChI is InChI=1S/C62H100N4O10S2/c1-21-25-77-38(8)55(69)66-54-50(58(73)76-52-41(61(15,16)17)29-37(7)30-42(52)62(18,19)20)48(35(4)5)44(64-54)31-43-47(34(2)3)49(53(63-43)65-46(68)24-22-23-26-78-45(56(70)71)32-74-33-67)57(72)75-51-39(59(9,10)11)27-36(6)28-40(51)60(12,13)14/h31,33-42,45,51-52,63H,21-30,32H2,1-20H3,(H,65,68)(H,70,71)(H,64,66,69). The molecule has 0 spiro atoms. The lowest BCUT2D eigenvalue weighted by Gasteiger charge is -2.50. The summed E-state index contributed by atoms with van der Waals surface area (Å²) in [6.45, 7) is 42.9. The van der Waals surface area contributed by atoms with Gasteiger partial charge in [-0.15, -0.1) is 23.5 Å². The molecule has 3 aliphatic rings. The van der Waals surface area contributed by atoms with Gasteiger partial charge < -0.3 is 34.9 Å². The minimum Gasteiger partial charge on any atom is -0.480 e. The Bertz CT molecular complexity index is 2330. The van der Waals surface area contributed by atoms with E-state index >= 15 is 9.59 Å². The van der Waals surface area contributed by atoms with Crippen LogP contribution in [-0.4, -0.2) is 92.9 Å². The fraction of sp³-hybridized carbons (Fsp3) is 0.758. The molecule has 4 N–H and O–H groups in total. The molecule has 6 atom stereocenters. The summed E-state index contributed by atoms with van der Waals surface area (Å²) in [6.07, 6.45) is 6.49. The summed E-state index contributed by atoms with van der Waals surface area (Å²) in [6, 6.07) is 0. The van der Waals surface area contributed by atoms with Crippen molar-refractivity contribution in [2.75, 3.05) is 23.4 Å². The number of rotatable bonds is 22. The zero-order valence-electron chi connectivity index (χ0n) is 51.2. The first kappa shape index (κ1) is 66.5. The smallest absolute Gasteiger partial charge is 0.342 e. The summed E-state index contributed by atoms with van der Waals surface area (Å²) in [5.41, 5.74) is 1.80. The average Bonchev–Trinajstić information content (AvgIpc) is 3.87. The van der Waals surface area contributed by atoms with Gasteiger partial charge in [0.05, 0.1) is 10.9 Å². The van der Waals surface area contributed by atoms with Crippen LogP contribution in [0.15, 0.2) is 21.8 Å². The summed E-state index contributed by atoms with van der Waals surface area (Å²) in [5, 5.41) is 14.3. The number of carboxylic acid groups (broad SMARTS) is 1. The number of carbonyl (C=O) groups excluding carboxylic acids is 5. The second-order valence-electron chi connectivity index (χ2n) is 27.7. The molecule has 2 saturated carbocycles. The van der Waals surface area contributed by atoms with Gasteiger partial charge in [0, 0.05) is 35.8 Å². The first-order valence-corrected chi connectivity index (χ1v) is 31.0. The van der Waals surface area contributed by atoms with Crippen molar-refractivity contribution >= 4 is 77.4 Å². The van der Waals surface area contributed by atoms with Crippen molar-refractivity contribution < 1.29 is 48.1 Å². The van der Waals surface area contributed by atoms with Crippen LogP contribution < -0.4 is 10.6 Å². The van der Waals surface area contributed by atoms with Crippen LogP contribution >= 0.6 is 23.5 Å². The van der Waals surface area contributed by atoms with E-state index < -0.39 is 40.6 Å². The summed E-state index contributed by atoms with van der Waals surface area (Å²) in [5.74, 6) is -0.796. The van der Waals surface area contributed by atoms with Crippen molar-refractivity contribution in [1.82, 2.24) is 10.3 Å². The molecule has 440 valence electrons. The third-order valence-electron chi connectivity index (χ3n) is 16.2. The van der Waals surface area contributed by atoms with Gasteiger partial charge in [-0.3, -0.25) is 19.2 Å². The topological polar surface area (TPSA) is 203 Å². The highest BCUT2D eigenvalue weighted by molar-refractivity contribution is 8.00. The third-order valence-corrected chi connectivity index (χ3v) is 18.9. The Morgan fingerprint density at radius 1 is 0.718 bits per heavy atom. The van der Waals surface area contributed by atoms with E-state index in [9.17, 15) is 24.3 Å². The number of aliphatic carboxylic acids is 1. The largest absolute Gasteiger partial charge is 0.480 e. The Balaban J connectivity index is 1.95. The average molecular weight is 1130 g/mol. The number of anilines is 1. The van der Waals surface area contributed by atoms with E-state index in [2.05, 4.69) is 119 Å². The quantitative estimate of drug-likeness (QED) is 0.0371. The fourth-order valence-electron chi connectivity index (χ4n) is 12.0. The van der Waals surface area contributed by atoms with Gasteiger partial charge in [0.2, 0.25) is 11.8 Å². The molecule has 1 aliphatic heterocycles. The Morgan fingerprint density at radius 3 is 1.65 bits per heavy atom. The molecule has 0 saturated heterocycles. The molecule has 6 unspecified atom stereocenters. The van der Waals surface area contributed by atoms with Crippen molar-refractivity contribution in [2.24, 2.45) is 68.1 Å². The highest BCUT2D eigenvalue weighted by Crippen LogP contribution is 2.52. The minimum absolute atomic E-state index is 0.0509. The van der Waals surface area contributed by atoms with Crippen LogP contribution in [0.3, 0.4) is 0 Å². The van der Waals surface area contributed by atoms with E-state index in [1.54, 1.807) is 0 Å². The molecule has 4 rings (SSSR count). The second-order valence-corrected chi connectivity index (χ2v) is 30.5. The zero-order chi connectivity index (χ0) is 59.0. The Kier molecular flexibility index (Phi) is 23.5. The molecule has 0 radical (unpaired) electrons. The fourth-order valence-corrected chi connectivity index (χ4v) is 13.8. The van der Waals surface area contributed by atoms with E-state index in [-0.39, 0.29) is 111 Å². The number of carbonyl (C=O) groups is 6. The number of hydrogen-bond donors (Lipinski definition) is 4. The van der Waals surface area contributed by atoms with E-state index in [1.807, 2.05) is 40.7 Å². The molecule has 2 amide bonds. The van der Waals surface area contributed by atoms with Gasteiger partial charge in [0.25, 0.3) is 6.47 Å². The van der Waals surface area contributed by atoms with Crippen molar-refractivity contribution in [3.05, 3.63) is 33.7 Å². The van der Waals surface area contributed by atoms with E-state index in [0.717, 1.165) is 49.6 Å². The van der Waals surface area contributed by atoms with Gasteiger partial charge in [-0.2, -0.15) is 0 Å².